The molecule has 1 unspecified atom stereocenters. The van der Waals surface area contributed by atoms with Crippen molar-refractivity contribution in [3.63, 3.8) is 0 Å². The van der Waals surface area contributed by atoms with Gasteiger partial charge in [-0.2, -0.15) is 13.2 Å². The van der Waals surface area contributed by atoms with E-state index in [4.69, 9.17) is 4.84 Å². The Labute approximate surface area is 197 Å². The van der Waals surface area contributed by atoms with E-state index in [0.29, 0.717) is 5.71 Å². The molecule has 1 aliphatic rings. The van der Waals surface area contributed by atoms with Gasteiger partial charge in [0.2, 0.25) is 0 Å². The van der Waals surface area contributed by atoms with Crippen LogP contribution >= 0.6 is 0 Å². The molecule has 4 rings (SSSR count). The third kappa shape index (κ3) is 5.95. The number of benzene rings is 3. The lowest BCUT2D eigenvalue weighted by Crippen LogP contribution is -2.40. The average Bonchev–Trinajstić information content (AvgIpc) is 3.28. The number of rotatable bonds is 6. The van der Waals surface area contributed by atoms with Gasteiger partial charge < -0.3 is 15.1 Å². The summed E-state index contributed by atoms with van der Waals surface area (Å²) in [5.41, 5.74) is -0.154. The number of hydrogen-bond acceptors (Lipinski definition) is 3. The second kappa shape index (κ2) is 10.1. The molecule has 3 aromatic rings. The largest absolute Gasteiger partial charge is 0.416 e. The number of nitrogens with zero attached hydrogens (tertiary/aromatic N) is 2. The summed E-state index contributed by atoms with van der Waals surface area (Å²) in [7, 11) is 0. The third-order valence-electron chi connectivity index (χ3n) is 5.39. The van der Waals surface area contributed by atoms with Crippen molar-refractivity contribution in [3.8, 4) is 0 Å². The van der Waals surface area contributed by atoms with Gasteiger partial charge in [-0.1, -0.05) is 47.6 Å². The SMILES string of the molecule is O=C(Nc1cccc(C(F)(F)F)c1)N(Cc1ccccc1F)CC1CC(c2ccccc2F)=NO1. The molecule has 1 aliphatic heterocycles. The minimum atomic E-state index is -4.58. The van der Waals surface area contributed by atoms with E-state index in [2.05, 4.69) is 10.5 Å². The van der Waals surface area contributed by atoms with Gasteiger partial charge in [-0.05, 0) is 30.3 Å². The Morgan fingerprint density at radius 3 is 2.43 bits per heavy atom. The van der Waals surface area contributed by atoms with Crippen molar-refractivity contribution in [1.82, 2.24) is 4.90 Å². The van der Waals surface area contributed by atoms with Crippen molar-refractivity contribution in [2.24, 2.45) is 5.16 Å². The molecule has 0 bridgehead atoms. The zero-order chi connectivity index (χ0) is 25.0. The summed E-state index contributed by atoms with van der Waals surface area (Å²) >= 11 is 0. The lowest BCUT2D eigenvalue weighted by molar-refractivity contribution is -0.137. The second-order valence-electron chi connectivity index (χ2n) is 7.93. The summed E-state index contributed by atoms with van der Waals surface area (Å²) in [5, 5.41) is 6.36. The molecule has 1 N–H and O–H groups in total. The molecule has 1 atom stereocenters. The number of hydrogen-bond donors (Lipinski definition) is 1. The van der Waals surface area contributed by atoms with Gasteiger partial charge in [0.15, 0.2) is 6.10 Å². The average molecular weight is 489 g/mol. The summed E-state index contributed by atoms with van der Waals surface area (Å²) in [5.74, 6) is -1.01. The fourth-order valence-electron chi connectivity index (χ4n) is 3.65. The fourth-order valence-corrected chi connectivity index (χ4v) is 3.65. The van der Waals surface area contributed by atoms with Crippen LogP contribution in [0.2, 0.25) is 0 Å². The van der Waals surface area contributed by atoms with Gasteiger partial charge in [0.1, 0.15) is 11.6 Å². The molecule has 0 aromatic heterocycles. The molecule has 5 nitrogen and oxygen atoms in total. The highest BCUT2D eigenvalue weighted by Crippen LogP contribution is 2.31. The molecular formula is C25H20F5N3O2. The molecule has 0 saturated carbocycles. The number of nitrogens with one attached hydrogen (secondary N) is 1. The van der Waals surface area contributed by atoms with Crippen molar-refractivity contribution in [3.05, 3.63) is 101 Å². The van der Waals surface area contributed by atoms with E-state index < -0.39 is 35.5 Å². The number of carbonyl (C=O) groups is 1. The monoisotopic (exact) mass is 489 g/mol. The van der Waals surface area contributed by atoms with Crippen LogP contribution in [0.1, 0.15) is 23.1 Å². The number of alkyl halides is 3. The predicted octanol–water partition coefficient (Wildman–Crippen LogP) is 6.21. The Morgan fingerprint density at radius 2 is 1.71 bits per heavy atom. The van der Waals surface area contributed by atoms with E-state index in [1.54, 1.807) is 24.3 Å². The summed E-state index contributed by atoms with van der Waals surface area (Å²) in [6.45, 7) is -0.243. The molecule has 1 heterocycles. The summed E-state index contributed by atoms with van der Waals surface area (Å²) in [6, 6.07) is 15.3. The molecule has 0 spiro atoms. The topological polar surface area (TPSA) is 53.9 Å². The highest BCUT2D eigenvalue weighted by Gasteiger charge is 2.31. The quantitative estimate of drug-likeness (QED) is 0.419. The maximum absolute atomic E-state index is 14.3. The molecule has 35 heavy (non-hydrogen) atoms. The van der Waals surface area contributed by atoms with E-state index >= 15 is 0 Å². The molecule has 2 amide bonds. The van der Waals surface area contributed by atoms with Crippen LogP contribution in [-0.2, 0) is 17.6 Å². The molecule has 3 aromatic carbocycles. The van der Waals surface area contributed by atoms with Gasteiger partial charge in [0.05, 0.1) is 24.4 Å². The standard InChI is InChI=1S/C25H20F5N3O2/c26-21-10-3-1-6-16(21)14-33(24(34)31-18-8-5-7-17(12-18)25(28,29)30)15-19-13-23(32-35-19)20-9-2-4-11-22(20)27/h1-12,19H,13-15H2,(H,31,34). The molecule has 0 radical (unpaired) electrons. The van der Waals surface area contributed by atoms with Crippen molar-refractivity contribution in [1.29, 1.82) is 0 Å². The van der Waals surface area contributed by atoms with Gasteiger partial charge in [-0.3, -0.25) is 0 Å². The molecule has 0 saturated heterocycles. The van der Waals surface area contributed by atoms with Gasteiger partial charge in [0.25, 0.3) is 0 Å². The van der Waals surface area contributed by atoms with E-state index in [9.17, 15) is 26.7 Å². The van der Waals surface area contributed by atoms with E-state index in [0.717, 1.165) is 12.1 Å². The first-order valence-electron chi connectivity index (χ1n) is 10.6. The Bertz CT molecular complexity index is 1250. The van der Waals surface area contributed by atoms with Gasteiger partial charge in [-0.15, -0.1) is 0 Å². The van der Waals surface area contributed by atoms with Crippen molar-refractivity contribution >= 4 is 17.4 Å². The molecule has 0 aliphatic carbocycles. The first kappa shape index (κ1) is 24.2. The smallest absolute Gasteiger partial charge is 0.390 e. The predicted molar refractivity (Wildman–Crippen MR) is 120 cm³/mol. The van der Waals surface area contributed by atoms with Crippen molar-refractivity contribution in [2.45, 2.75) is 25.2 Å². The van der Waals surface area contributed by atoms with Crippen molar-refractivity contribution < 1.29 is 31.6 Å². The number of amides is 2. The summed E-state index contributed by atoms with van der Waals surface area (Å²) in [6.07, 6.45) is -5.05. The Kier molecular flexibility index (Phi) is 6.99. The summed E-state index contributed by atoms with van der Waals surface area (Å²) < 4.78 is 67.6. The van der Waals surface area contributed by atoms with Crippen LogP contribution in [0.3, 0.4) is 0 Å². The zero-order valence-electron chi connectivity index (χ0n) is 18.2. The zero-order valence-corrected chi connectivity index (χ0v) is 18.2. The van der Waals surface area contributed by atoms with Crippen LogP contribution in [0.5, 0.6) is 0 Å². The van der Waals surface area contributed by atoms with E-state index in [-0.39, 0.29) is 36.3 Å². The molecule has 0 fully saturated rings. The Morgan fingerprint density at radius 1 is 1.00 bits per heavy atom. The van der Waals surface area contributed by atoms with Gasteiger partial charge in [0, 0.05) is 23.2 Å². The van der Waals surface area contributed by atoms with Crippen LogP contribution < -0.4 is 5.32 Å². The van der Waals surface area contributed by atoms with E-state index in [1.165, 1.54) is 41.3 Å². The lowest BCUT2D eigenvalue weighted by Gasteiger charge is -2.25. The Balaban J connectivity index is 1.51. The molecular weight excluding hydrogens is 469 g/mol. The maximum Gasteiger partial charge on any atom is 0.416 e. The number of carbonyl (C=O) groups excluding carboxylic acids is 1. The highest BCUT2D eigenvalue weighted by atomic mass is 19.4. The van der Waals surface area contributed by atoms with Gasteiger partial charge in [-0.25, -0.2) is 13.6 Å². The van der Waals surface area contributed by atoms with Crippen molar-refractivity contribution in [2.75, 3.05) is 11.9 Å². The number of oxime groups is 1. The summed E-state index contributed by atoms with van der Waals surface area (Å²) in [4.78, 5) is 19.6. The molecule has 10 heteroatoms. The van der Waals surface area contributed by atoms with Gasteiger partial charge >= 0.3 is 12.2 Å². The lowest BCUT2D eigenvalue weighted by atomic mass is 10.0. The van der Waals surface area contributed by atoms with Crippen LogP contribution in [-0.4, -0.2) is 29.3 Å². The second-order valence-corrected chi connectivity index (χ2v) is 7.93. The van der Waals surface area contributed by atoms with E-state index in [1.807, 2.05) is 0 Å². The highest BCUT2D eigenvalue weighted by molar-refractivity contribution is 6.01. The minimum Gasteiger partial charge on any atom is -0.390 e. The third-order valence-corrected chi connectivity index (χ3v) is 5.39. The first-order chi connectivity index (χ1) is 16.7. The minimum absolute atomic E-state index is 0.0689. The fraction of sp³-hybridized carbons (Fsp3) is 0.200. The maximum atomic E-state index is 14.3. The number of anilines is 1. The normalized spacial score (nSPS) is 15.3. The van der Waals surface area contributed by atoms with Crippen LogP contribution in [0.25, 0.3) is 0 Å². The first-order valence-corrected chi connectivity index (χ1v) is 10.6. The van der Waals surface area contributed by atoms with Crippen LogP contribution in [0, 0.1) is 11.6 Å². The molecule has 182 valence electrons. The van der Waals surface area contributed by atoms with Crippen LogP contribution in [0.15, 0.2) is 78.0 Å². The Hall–Kier alpha value is -3.95. The van der Waals surface area contributed by atoms with Crippen LogP contribution in [0.4, 0.5) is 32.4 Å². The number of halogens is 5. The number of urea groups is 1.